The van der Waals surface area contributed by atoms with E-state index in [9.17, 15) is 10.5 Å². The highest BCUT2D eigenvalue weighted by molar-refractivity contribution is 7.26. The lowest BCUT2D eigenvalue weighted by Gasteiger charge is -2.27. The first-order valence-electron chi connectivity index (χ1n) is 29.6. The number of aromatic nitrogens is 5. The topological polar surface area (TPSA) is 72.2 Å². The van der Waals surface area contributed by atoms with Crippen molar-refractivity contribution in [1.82, 2.24) is 22.8 Å². The van der Waals surface area contributed by atoms with Crippen molar-refractivity contribution in [2.45, 2.75) is 0 Å². The number of para-hydroxylation sites is 8. The van der Waals surface area contributed by atoms with Crippen molar-refractivity contribution < 1.29 is 0 Å². The summed E-state index contributed by atoms with van der Waals surface area (Å²) >= 11 is 1.79. The first-order chi connectivity index (χ1) is 43.7. The molecule has 19 rings (SSSR count). The minimum Gasteiger partial charge on any atom is -0.309 e. The molecule has 7 nitrogen and oxygen atoms in total. The second-order valence-corrected chi connectivity index (χ2v) is 23.9. The molecular formula is C80H45N7S. The van der Waals surface area contributed by atoms with Crippen molar-refractivity contribution in [2.75, 3.05) is 0 Å². The van der Waals surface area contributed by atoms with E-state index in [1.165, 1.54) is 10.1 Å². The number of hydrogen-bond acceptors (Lipinski definition) is 3. The Morgan fingerprint density at radius 2 is 0.670 bits per heavy atom. The molecule has 6 heterocycles. The van der Waals surface area contributed by atoms with Crippen LogP contribution in [-0.4, -0.2) is 22.8 Å². The van der Waals surface area contributed by atoms with Crippen LogP contribution >= 0.6 is 11.3 Å². The molecule has 0 saturated heterocycles. The number of fused-ring (bicyclic) bond motifs is 19. The summed E-state index contributed by atoms with van der Waals surface area (Å²) in [5, 5.41) is 38.7. The molecule has 13 aromatic carbocycles. The van der Waals surface area contributed by atoms with Gasteiger partial charge in [-0.05, 0) is 83.9 Å². The molecule has 0 N–H and O–H groups in total. The molecule has 0 spiro atoms. The smallest absolute Gasteiger partial charge is 0.104 e. The molecule has 6 aromatic heterocycles. The Labute approximate surface area is 506 Å². The zero-order chi connectivity index (χ0) is 57.9. The van der Waals surface area contributed by atoms with Gasteiger partial charge in [0.25, 0.3) is 0 Å². The van der Waals surface area contributed by atoms with Crippen molar-refractivity contribution in [3.63, 3.8) is 0 Å². The average molecular weight is 1140 g/mol. The van der Waals surface area contributed by atoms with E-state index in [0.717, 1.165) is 136 Å². The molecule has 0 bridgehead atoms. The van der Waals surface area contributed by atoms with Crippen LogP contribution in [0.4, 0.5) is 0 Å². The van der Waals surface area contributed by atoms with Crippen molar-refractivity contribution in [3.05, 3.63) is 284 Å². The quantitative estimate of drug-likeness (QED) is 0.166. The minimum absolute atomic E-state index is 0.363. The Kier molecular flexibility index (Phi) is 10.1. The molecule has 0 amide bonds. The molecule has 0 unspecified atom stereocenters. The standard InChI is InChI=1S/C80H45N7S/c81-46-62-75(84-64-32-12-4-23-51(64)52-24-5-13-33-65(52)84)63(47-82)77(86-68-36-16-8-27-55(68)56-28-9-17-37-69(56)86)79(76(62)85-66-34-14-6-25-53(66)54-26-7-15-35-67(54)85)87-72-45-48(41-42-57(72)59-43-44-60-58-29-11-19-40-73(58)88-80(60)78(59)87)50-31-20-39-71-74(50)61-30-10-18-38-70(61)83(71)49-21-2-1-3-22-49/h1-45H. The minimum atomic E-state index is 0.363. The molecule has 0 fully saturated rings. The summed E-state index contributed by atoms with van der Waals surface area (Å²) in [7, 11) is 0. The fraction of sp³-hybridized carbons (Fsp3) is 0. The molecular weight excluding hydrogens is 1090 g/mol. The molecule has 0 radical (unpaired) electrons. The van der Waals surface area contributed by atoms with Crippen LogP contribution in [0.15, 0.2) is 273 Å². The lowest BCUT2D eigenvalue weighted by Crippen LogP contribution is -2.17. The molecule has 0 aliphatic carbocycles. The second-order valence-electron chi connectivity index (χ2n) is 22.9. The molecule has 0 saturated carbocycles. The van der Waals surface area contributed by atoms with Gasteiger partial charge in [-0.15, -0.1) is 11.3 Å². The summed E-state index contributed by atoms with van der Waals surface area (Å²) in [4.78, 5) is 0. The van der Waals surface area contributed by atoms with Crippen LogP contribution in [0, 0.1) is 22.7 Å². The lowest BCUT2D eigenvalue weighted by atomic mass is 9.97. The average Bonchev–Trinajstić information content (AvgIpc) is 1.47. The van der Waals surface area contributed by atoms with E-state index in [2.05, 4.69) is 308 Å². The number of thiophene rings is 1. The third-order valence-electron chi connectivity index (χ3n) is 18.6. The summed E-state index contributed by atoms with van der Waals surface area (Å²) in [5.41, 5.74) is 16.1. The Bertz CT molecular complexity index is 6030. The molecule has 0 aliphatic heterocycles. The molecule has 0 aliphatic rings. The summed E-state index contributed by atoms with van der Waals surface area (Å²) in [6.45, 7) is 0. The summed E-state index contributed by atoms with van der Waals surface area (Å²) in [6, 6.07) is 103. The van der Waals surface area contributed by atoms with Crippen LogP contribution in [0.1, 0.15) is 11.1 Å². The van der Waals surface area contributed by atoms with Crippen LogP contribution in [0.3, 0.4) is 0 Å². The highest BCUT2D eigenvalue weighted by Gasteiger charge is 2.35. The van der Waals surface area contributed by atoms with Crippen molar-refractivity contribution >= 4 is 141 Å². The molecule has 19 aromatic rings. The number of hydrogen-bond donors (Lipinski definition) is 0. The van der Waals surface area contributed by atoms with Crippen LogP contribution in [-0.2, 0) is 0 Å². The van der Waals surface area contributed by atoms with Gasteiger partial charge in [0.1, 0.15) is 23.3 Å². The largest absolute Gasteiger partial charge is 0.309 e. The van der Waals surface area contributed by atoms with E-state index in [0.29, 0.717) is 33.9 Å². The SMILES string of the molecule is N#Cc1c(-n2c3ccccc3c3ccccc32)c(C#N)c(-n2c3ccccc3c3ccccc32)c(-n2c3cc(-c4cccc5c4c4ccccc4n5-c4ccccc4)ccc3c3ccc4c5ccccc5sc4c32)c1-n1c2ccccc2c2ccccc21. The highest BCUT2D eigenvalue weighted by atomic mass is 32.1. The molecule has 8 heteroatoms. The van der Waals surface area contributed by atoms with Crippen molar-refractivity contribution in [3.8, 4) is 51.7 Å². The third kappa shape index (κ3) is 6.42. The summed E-state index contributed by atoms with van der Waals surface area (Å²) in [6.07, 6.45) is 0. The molecule has 0 atom stereocenters. The third-order valence-corrected chi connectivity index (χ3v) is 19.7. The number of benzene rings is 13. The number of nitriles is 2. The number of nitrogens with zero attached hydrogens (tertiary/aromatic N) is 7. The van der Waals surface area contributed by atoms with Gasteiger partial charge >= 0.3 is 0 Å². The van der Waals surface area contributed by atoms with Crippen LogP contribution in [0.5, 0.6) is 0 Å². The number of rotatable bonds is 6. The Morgan fingerprint density at radius 1 is 0.273 bits per heavy atom. The fourth-order valence-corrected chi connectivity index (χ4v) is 16.3. The highest BCUT2D eigenvalue weighted by Crippen LogP contribution is 2.52. The Balaban J connectivity index is 1.09. The van der Waals surface area contributed by atoms with E-state index >= 15 is 0 Å². The molecule has 88 heavy (non-hydrogen) atoms. The maximum absolute atomic E-state index is 12.8. The first kappa shape index (κ1) is 48.4. The van der Waals surface area contributed by atoms with Crippen molar-refractivity contribution in [2.24, 2.45) is 0 Å². The van der Waals surface area contributed by atoms with Gasteiger partial charge in [0.15, 0.2) is 0 Å². The van der Waals surface area contributed by atoms with Crippen molar-refractivity contribution in [1.29, 1.82) is 10.5 Å². The van der Waals surface area contributed by atoms with E-state index in [4.69, 9.17) is 0 Å². The van der Waals surface area contributed by atoms with Gasteiger partial charge in [-0.3, -0.25) is 0 Å². The van der Waals surface area contributed by atoms with Gasteiger partial charge in [0.05, 0.1) is 82.6 Å². The van der Waals surface area contributed by atoms with Crippen LogP contribution in [0.25, 0.3) is 169 Å². The maximum atomic E-state index is 12.8. The lowest BCUT2D eigenvalue weighted by molar-refractivity contribution is 1.02. The van der Waals surface area contributed by atoms with Gasteiger partial charge in [-0.2, -0.15) is 10.5 Å². The van der Waals surface area contributed by atoms with Gasteiger partial charge in [-0.1, -0.05) is 200 Å². The predicted octanol–water partition coefficient (Wildman–Crippen LogP) is 21.0. The van der Waals surface area contributed by atoms with E-state index in [-0.39, 0.29) is 0 Å². The van der Waals surface area contributed by atoms with E-state index in [1.807, 2.05) is 0 Å². The van der Waals surface area contributed by atoms with Crippen LogP contribution < -0.4 is 0 Å². The predicted molar refractivity (Wildman–Crippen MR) is 366 cm³/mol. The van der Waals surface area contributed by atoms with Gasteiger partial charge in [0, 0.05) is 75.0 Å². The summed E-state index contributed by atoms with van der Waals surface area (Å²) in [5.74, 6) is 0. The zero-order valence-electron chi connectivity index (χ0n) is 47.0. The fourth-order valence-electron chi connectivity index (χ4n) is 15.1. The van der Waals surface area contributed by atoms with Crippen LogP contribution in [0.2, 0.25) is 0 Å². The van der Waals surface area contributed by atoms with Gasteiger partial charge < -0.3 is 22.8 Å². The van der Waals surface area contributed by atoms with Gasteiger partial charge in [-0.25, -0.2) is 0 Å². The first-order valence-corrected chi connectivity index (χ1v) is 30.4. The second kappa shape index (κ2) is 18.3. The summed E-state index contributed by atoms with van der Waals surface area (Å²) < 4.78 is 14.0. The normalized spacial score (nSPS) is 12.1. The zero-order valence-corrected chi connectivity index (χ0v) is 47.8. The Morgan fingerprint density at radius 3 is 1.18 bits per heavy atom. The molecule has 406 valence electrons. The van der Waals surface area contributed by atoms with Gasteiger partial charge in [0.2, 0.25) is 0 Å². The monoisotopic (exact) mass is 1140 g/mol. The maximum Gasteiger partial charge on any atom is 0.104 e. The van der Waals surface area contributed by atoms with E-state index in [1.54, 1.807) is 11.3 Å². The van der Waals surface area contributed by atoms with E-state index < -0.39 is 0 Å². The Hall–Kier alpha value is -11.9.